The number of carbonyl (C=O) groups is 3. The molecule has 34 heavy (non-hydrogen) atoms. The van der Waals surface area contributed by atoms with Crippen molar-refractivity contribution in [2.24, 2.45) is 11.8 Å². The number of hydrogen-bond acceptors (Lipinski definition) is 6. The van der Waals surface area contributed by atoms with Crippen LogP contribution in [-0.2, 0) is 9.53 Å². The zero-order valence-electron chi connectivity index (χ0n) is 19.3. The molecule has 0 aromatic carbocycles. The minimum atomic E-state index is -1.10. The molecule has 2 aliphatic heterocycles. The van der Waals surface area contributed by atoms with Gasteiger partial charge in [-0.1, -0.05) is 25.4 Å². The zero-order valence-corrected chi connectivity index (χ0v) is 20.8. The van der Waals surface area contributed by atoms with E-state index >= 15 is 0 Å². The molecule has 2 atom stereocenters. The van der Waals surface area contributed by atoms with Gasteiger partial charge in [0.25, 0.3) is 5.91 Å². The summed E-state index contributed by atoms with van der Waals surface area (Å²) in [6, 6.07) is 1.39. The summed E-state index contributed by atoms with van der Waals surface area (Å²) in [6.45, 7) is 6.59. The topological polar surface area (TPSA) is 103 Å². The van der Waals surface area contributed by atoms with Crippen LogP contribution in [0.3, 0.4) is 0 Å². The molecular formula is C23H29ClN4O5S. The van der Waals surface area contributed by atoms with E-state index in [2.05, 4.69) is 4.98 Å². The van der Waals surface area contributed by atoms with Gasteiger partial charge in [-0.25, -0.2) is 4.79 Å². The summed E-state index contributed by atoms with van der Waals surface area (Å²) in [4.78, 5) is 48.0. The van der Waals surface area contributed by atoms with E-state index in [1.165, 1.54) is 22.4 Å². The Labute approximate surface area is 207 Å². The largest absolute Gasteiger partial charge is 0.465 e. The fourth-order valence-electron chi connectivity index (χ4n) is 4.65. The molecule has 2 aromatic heterocycles. The van der Waals surface area contributed by atoms with Gasteiger partial charge in [-0.2, -0.15) is 0 Å². The highest BCUT2D eigenvalue weighted by Gasteiger charge is 2.40. The quantitative estimate of drug-likeness (QED) is 0.664. The first kappa shape index (κ1) is 24.7. The Morgan fingerprint density at radius 1 is 1.26 bits per heavy atom. The van der Waals surface area contributed by atoms with E-state index in [0.29, 0.717) is 49.9 Å². The van der Waals surface area contributed by atoms with Gasteiger partial charge in [0.1, 0.15) is 0 Å². The molecule has 2 fully saturated rings. The average molecular weight is 509 g/mol. The lowest BCUT2D eigenvalue weighted by molar-refractivity contribution is -0.142. The molecule has 0 aliphatic carbocycles. The number of piperidine rings is 1. The van der Waals surface area contributed by atoms with Crippen LogP contribution in [0.25, 0.3) is 10.2 Å². The molecule has 2 aliphatic rings. The number of thiophene rings is 1. The molecule has 0 unspecified atom stereocenters. The molecule has 3 amide bonds. The Hall–Kier alpha value is -2.43. The maximum Gasteiger partial charge on any atom is 0.407 e. The van der Waals surface area contributed by atoms with Crippen molar-refractivity contribution >= 4 is 51.1 Å². The van der Waals surface area contributed by atoms with Gasteiger partial charge in [-0.15, -0.1) is 11.3 Å². The fourth-order valence-corrected chi connectivity index (χ4v) is 5.80. The van der Waals surface area contributed by atoms with Crippen molar-refractivity contribution in [1.82, 2.24) is 19.7 Å². The summed E-state index contributed by atoms with van der Waals surface area (Å²) >= 11 is 8.02. The maximum atomic E-state index is 13.7. The van der Waals surface area contributed by atoms with Crippen LogP contribution in [0.1, 0.15) is 30.6 Å². The maximum absolute atomic E-state index is 13.7. The third-order valence-corrected chi connectivity index (χ3v) is 7.70. The van der Waals surface area contributed by atoms with Crippen LogP contribution in [-0.4, -0.2) is 94.7 Å². The number of carboxylic acid groups (broad SMARTS) is 1. The number of likely N-dealkylation sites (tertiary alicyclic amines) is 1. The predicted molar refractivity (Wildman–Crippen MR) is 129 cm³/mol. The number of fused-ring (bicyclic) bond motifs is 1. The van der Waals surface area contributed by atoms with Crippen molar-refractivity contribution in [2.45, 2.75) is 26.3 Å². The molecule has 0 spiro atoms. The number of pyridine rings is 1. The number of aromatic nitrogens is 1. The number of hydrogen-bond donors (Lipinski definition) is 1. The molecule has 11 heteroatoms. The number of nitrogens with zero attached hydrogens (tertiary/aromatic N) is 4. The van der Waals surface area contributed by atoms with Crippen molar-refractivity contribution in [3.8, 4) is 0 Å². The summed E-state index contributed by atoms with van der Waals surface area (Å²) in [5.41, 5.74) is 1.02. The Balaban J connectivity index is 1.63. The third-order valence-electron chi connectivity index (χ3n) is 6.28. The highest BCUT2D eigenvalue weighted by Crippen LogP contribution is 2.32. The molecule has 9 nitrogen and oxygen atoms in total. The number of amides is 3. The summed E-state index contributed by atoms with van der Waals surface area (Å²) in [6.07, 6.45) is 0.785. The number of morpholine rings is 1. The van der Waals surface area contributed by atoms with Crippen molar-refractivity contribution in [1.29, 1.82) is 0 Å². The van der Waals surface area contributed by atoms with Crippen LogP contribution >= 0.6 is 22.9 Å². The zero-order chi connectivity index (χ0) is 24.4. The Kier molecular flexibility index (Phi) is 7.59. The number of ether oxygens (including phenoxy) is 1. The van der Waals surface area contributed by atoms with Crippen LogP contribution in [0.15, 0.2) is 17.6 Å². The van der Waals surface area contributed by atoms with Gasteiger partial charge in [0.15, 0.2) is 0 Å². The lowest BCUT2D eigenvalue weighted by atomic mass is 9.91. The smallest absolute Gasteiger partial charge is 0.407 e. The van der Waals surface area contributed by atoms with Gasteiger partial charge >= 0.3 is 6.09 Å². The van der Waals surface area contributed by atoms with Crippen LogP contribution in [0.2, 0.25) is 5.02 Å². The monoisotopic (exact) mass is 508 g/mol. The van der Waals surface area contributed by atoms with E-state index < -0.39 is 18.1 Å². The highest BCUT2D eigenvalue weighted by atomic mass is 35.5. The standard InChI is InChI=1S/C23H29ClN4O5S/c1-14(2)11-28(22(30)17-10-25-18-3-8-34-20(18)19(17)24)16-9-15(12-27(13-16)23(31)32)21(29)26-4-6-33-7-5-26/h3,8,10,14-16H,4-7,9,11-13H2,1-2H3,(H,31,32)/t15-,16+/m1/s1. The molecule has 0 radical (unpaired) electrons. The molecule has 4 heterocycles. The van der Waals surface area contributed by atoms with Crippen molar-refractivity contribution in [3.63, 3.8) is 0 Å². The van der Waals surface area contributed by atoms with Crippen LogP contribution < -0.4 is 0 Å². The van der Waals surface area contributed by atoms with Crippen molar-refractivity contribution in [3.05, 3.63) is 28.2 Å². The molecular weight excluding hydrogens is 480 g/mol. The van der Waals surface area contributed by atoms with E-state index in [1.807, 2.05) is 25.3 Å². The summed E-state index contributed by atoms with van der Waals surface area (Å²) in [5.74, 6) is -0.772. The van der Waals surface area contributed by atoms with Crippen LogP contribution in [0.5, 0.6) is 0 Å². The van der Waals surface area contributed by atoms with Crippen LogP contribution in [0, 0.1) is 11.8 Å². The van der Waals surface area contributed by atoms with Gasteiger partial charge in [-0.3, -0.25) is 14.6 Å². The number of carbonyl (C=O) groups excluding carboxylic acids is 2. The number of rotatable bonds is 5. The first-order chi connectivity index (χ1) is 16.3. The van der Waals surface area contributed by atoms with Gasteiger partial charge in [0.2, 0.25) is 5.91 Å². The van der Waals surface area contributed by atoms with Crippen molar-refractivity contribution in [2.75, 3.05) is 45.9 Å². The normalized spacial score (nSPS) is 21.2. The van der Waals surface area contributed by atoms with E-state index in [1.54, 1.807) is 9.80 Å². The summed E-state index contributed by atoms with van der Waals surface area (Å²) < 4.78 is 6.09. The second-order valence-electron chi connectivity index (χ2n) is 9.18. The molecule has 0 bridgehead atoms. The van der Waals surface area contributed by atoms with Gasteiger partial charge < -0.3 is 24.5 Å². The second-order valence-corrected chi connectivity index (χ2v) is 10.5. The number of halogens is 1. The SMILES string of the molecule is CC(C)CN(C(=O)c1cnc2ccsc2c1Cl)[C@H]1C[C@@H](C(=O)N2CCOCC2)CN(C(=O)O)C1. The van der Waals surface area contributed by atoms with E-state index in [0.717, 1.165) is 10.2 Å². The molecule has 0 saturated carbocycles. The summed E-state index contributed by atoms with van der Waals surface area (Å²) in [5, 5.41) is 12.0. The second kappa shape index (κ2) is 10.5. The first-order valence-corrected chi connectivity index (χ1v) is 12.7. The Morgan fingerprint density at radius 2 is 2.00 bits per heavy atom. The Bertz CT molecular complexity index is 1070. The van der Waals surface area contributed by atoms with Crippen LogP contribution in [0.4, 0.5) is 4.79 Å². The van der Waals surface area contributed by atoms with Crippen molar-refractivity contribution < 1.29 is 24.2 Å². The molecule has 184 valence electrons. The summed E-state index contributed by atoms with van der Waals surface area (Å²) in [7, 11) is 0. The van der Waals surface area contributed by atoms with Gasteiger partial charge in [-0.05, 0) is 23.8 Å². The van der Waals surface area contributed by atoms with Gasteiger partial charge in [0.05, 0.1) is 46.0 Å². The molecule has 2 aromatic rings. The minimum absolute atomic E-state index is 0.0871. The highest BCUT2D eigenvalue weighted by molar-refractivity contribution is 7.17. The molecule has 2 saturated heterocycles. The fraction of sp³-hybridized carbons (Fsp3) is 0.565. The molecule has 4 rings (SSSR count). The van der Waals surface area contributed by atoms with E-state index in [9.17, 15) is 19.5 Å². The van der Waals surface area contributed by atoms with E-state index in [-0.39, 0.29) is 30.8 Å². The van der Waals surface area contributed by atoms with Gasteiger partial charge in [0, 0.05) is 38.9 Å². The third kappa shape index (κ3) is 5.13. The first-order valence-electron chi connectivity index (χ1n) is 11.4. The molecule has 1 N–H and O–H groups in total. The minimum Gasteiger partial charge on any atom is -0.465 e. The van der Waals surface area contributed by atoms with E-state index in [4.69, 9.17) is 16.3 Å². The Morgan fingerprint density at radius 3 is 2.68 bits per heavy atom. The predicted octanol–water partition coefficient (Wildman–Crippen LogP) is 3.28. The lowest BCUT2D eigenvalue weighted by Gasteiger charge is -2.43. The average Bonchev–Trinajstić information content (AvgIpc) is 3.32. The lowest BCUT2D eigenvalue weighted by Crippen LogP contribution is -2.58.